The lowest BCUT2D eigenvalue weighted by atomic mass is 9.81. The van der Waals surface area contributed by atoms with Gasteiger partial charge in [-0.3, -0.25) is 9.59 Å². The number of carboxylic acid groups (broad SMARTS) is 1. The fourth-order valence-electron chi connectivity index (χ4n) is 2.96. The van der Waals surface area contributed by atoms with Gasteiger partial charge in [0.15, 0.2) is 0 Å². The monoisotopic (exact) mass is 284 g/mol. The van der Waals surface area contributed by atoms with Crippen LogP contribution in [0.5, 0.6) is 0 Å². The summed E-state index contributed by atoms with van der Waals surface area (Å²) in [7, 11) is 0. The highest BCUT2D eigenvalue weighted by atomic mass is 16.5. The van der Waals surface area contributed by atoms with Crippen LogP contribution < -0.4 is 0 Å². The first-order valence-corrected chi connectivity index (χ1v) is 7.87. The Morgan fingerprint density at radius 3 is 2.45 bits per heavy atom. The lowest BCUT2D eigenvalue weighted by molar-refractivity contribution is -0.158. The Morgan fingerprint density at radius 1 is 1.25 bits per heavy atom. The van der Waals surface area contributed by atoms with Crippen molar-refractivity contribution in [3.05, 3.63) is 0 Å². The van der Waals surface area contributed by atoms with Gasteiger partial charge in [-0.25, -0.2) is 0 Å². The van der Waals surface area contributed by atoms with Crippen LogP contribution in [0.15, 0.2) is 0 Å². The normalized spacial score (nSPS) is 24.4. The van der Waals surface area contributed by atoms with Crippen molar-refractivity contribution in [2.75, 3.05) is 0 Å². The fraction of sp³-hybridized carbons (Fsp3) is 0.875. The van der Waals surface area contributed by atoms with Crippen molar-refractivity contribution >= 4 is 11.9 Å². The van der Waals surface area contributed by atoms with Gasteiger partial charge in [0, 0.05) is 0 Å². The van der Waals surface area contributed by atoms with Crippen LogP contribution in [0.25, 0.3) is 0 Å². The molecule has 0 aromatic heterocycles. The molecule has 1 aliphatic rings. The van der Waals surface area contributed by atoms with Gasteiger partial charge in [0.1, 0.15) is 6.10 Å². The van der Waals surface area contributed by atoms with Crippen LogP contribution >= 0.6 is 0 Å². The predicted molar refractivity (Wildman–Crippen MR) is 77.3 cm³/mol. The predicted octanol–water partition coefficient (Wildman–Crippen LogP) is 3.64. The van der Waals surface area contributed by atoms with Crippen LogP contribution in [-0.4, -0.2) is 23.1 Å². The molecule has 20 heavy (non-hydrogen) atoms. The lowest BCUT2D eigenvalue weighted by Gasteiger charge is -2.27. The van der Waals surface area contributed by atoms with Crippen molar-refractivity contribution < 1.29 is 19.4 Å². The second kappa shape index (κ2) is 8.28. The minimum Gasteiger partial charge on any atom is -0.481 e. The van der Waals surface area contributed by atoms with Gasteiger partial charge < -0.3 is 9.84 Å². The molecule has 3 atom stereocenters. The van der Waals surface area contributed by atoms with Crippen LogP contribution in [0.2, 0.25) is 0 Å². The average Bonchev–Trinajstić information content (AvgIpc) is 2.38. The van der Waals surface area contributed by atoms with Gasteiger partial charge in [0.2, 0.25) is 0 Å². The maximum absolute atomic E-state index is 12.2. The maximum atomic E-state index is 12.2. The molecule has 4 nitrogen and oxygen atoms in total. The second-order valence-corrected chi connectivity index (χ2v) is 6.38. The summed E-state index contributed by atoms with van der Waals surface area (Å²) in [6.07, 6.45) is 5.44. The van der Waals surface area contributed by atoms with Crippen LogP contribution in [0.3, 0.4) is 0 Å². The van der Waals surface area contributed by atoms with Crippen molar-refractivity contribution in [2.45, 2.75) is 71.8 Å². The van der Waals surface area contributed by atoms with Gasteiger partial charge in [-0.2, -0.15) is 0 Å². The molecule has 0 spiro atoms. The molecule has 0 bridgehead atoms. The van der Waals surface area contributed by atoms with Crippen LogP contribution in [-0.2, 0) is 14.3 Å². The van der Waals surface area contributed by atoms with E-state index in [1.165, 1.54) is 0 Å². The van der Waals surface area contributed by atoms with E-state index in [2.05, 4.69) is 20.8 Å². The van der Waals surface area contributed by atoms with E-state index in [0.717, 1.165) is 32.1 Å². The molecule has 3 unspecified atom stereocenters. The molecule has 116 valence electrons. The van der Waals surface area contributed by atoms with Gasteiger partial charge >= 0.3 is 11.9 Å². The van der Waals surface area contributed by atoms with Crippen molar-refractivity contribution in [3.8, 4) is 0 Å². The van der Waals surface area contributed by atoms with Gasteiger partial charge in [-0.1, -0.05) is 33.6 Å². The molecular formula is C16H28O4. The number of ether oxygens (including phenoxy) is 1. The number of rotatable bonds is 7. The molecule has 0 aromatic carbocycles. The van der Waals surface area contributed by atoms with Gasteiger partial charge in [-0.05, 0) is 38.0 Å². The zero-order chi connectivity index (χ0) is 15.1. The van der Waals surface area contributed by atoms with E-state index in [9.17, 15) is 9.59 Å². The number of hydrogen-bond donors (Lipinski definition) is 1. The Bertz CT molecular complexity index is 324. The molecule has 1 N–H and O–H groups in total. The van der Waals surface area contributed by atoms with Crippen LogP contribution in [0.1, 0.15) is 65.7 Å². The fourth-order valence-corrected chi connectivity index (χ4v) is 2.96. The number of aliphatic carboxylic acids is 1. The first-order chi connectivity index (χ1) is 9.43. The molecule has 1 saturated carbocycles. The van der Waals surface area contributed by atoms with Crippen LogP contribution in [0, 0.1) is 17.8 Å². The molecular weight excluding hydrogens is 256 g/mol. The van der Waals surface area contributed by atoms with Crippen molar-refractivity contribution in [1.82, 2.24) is 0 Å². The van der Waals surface area contributed by atoms with Crippen molar-refractivity contribution in [3.63, 3.8) is 0 Å². The Balaban J connectivity index is 2.52. The third-order valence-corrected chi connectivity index (χ3v) is 3.98. The van der Waals surface area contributed by atoms with E-state index in [1.807, 2.05) is 0 Å². The van der Waals surface area contributed by atoms with E-state index < -0.39 is 5.97 Å². The van der Waals surface area contributed by atoms with Crippen molar-refractivity contribution in [2.24, 2.45) is 17.8 Å². The van der Waals surface area contributed by atoms with Gasteiger partial charge in [0.25, 0.3) is 0 Å². The molecule has 0 heterocycles. The van der Waals surface area contributed by atoms with E-state index in [-0.39, 0.29) is 23.9 Å². The van der Waals surface area contributed by atoms with E-state index in [4.69, 9.17) is 9.84 Å². The van der Waals surface area contributed by atoms with E-state index >= 15 is 0 Å². The van der Waals surface area contributed by atoms with E-state index in [1.54, 1.807) is 0 Å². The Kier molecular flexibility index (Phi) is 7.03. The summed E-state index contributed by atoms with van der Waals surface area (Å²) in [5, 5.41) is 9.07. The van der Waals surface area contributed by atoms with E-state index in [0.29, 0.717) is 18.8 Å². The summed E-state index contributed by atoms with van der Waals surface area (Å²) in [6, 6.07) is 0. The molecule has 1 aliphatic carbocycles. The van der Waals surface area contributed by atoms with Crippen molar-refractivity contribution in [1.29, 1.82) is 0 Å². The summed E-state index contributed by atoms with van der Waals surface area (Å²) in [5.41, 5.74) is 0. The molecule has 4 heteroatoms. The molecule has 1 fully saturated rings. The molecule has 0 amide bonds. The summed E-state index contributed by atoms with van der Waals surface area (Å²) >= 11 is 0. The Hall–Kier alpha value is -1.06. The maximum Gasteiger partial charge on any atom is 0.309 e. The molecule has 0 saturated heterocycles. The van der Waals surface area contributed by atoms with Gasteiger partial charge in [-0.15, -0.1) is 0 Å². The first-order valence-electron chi connectivity index (χ1n) is 7.87. The number of esters is 1. The largest absolute Gasteiger partial charge is 0.481 e. The molecule has 1 rings (SSSR count). The third-order valence-electron chi connectivity index (χ3n) is 3.98. The highest BCUT2D eigenvalue weighted by molar-refractivity contribution is 5.75. The minimum absolute atomic E-state index is 0.0160. The third kappa shape index (κ3) is 5.51. The first kappa shape index (κ1) is 17.0. The quantitative estimate of drug-likeness (QED) is 0.725. The van der Waals surface area contributed by atoms with Crippen LogP contribution in [0.4, 0.5) is 0 Å². The summed E-state index contributed by atoms with van der Waals surface area (Å²) in [4.78, 5) is 23.3. The second-order valence-electron chi connectivity index (χ2n) is 6.38. The smallest absolute Gasteiger partial charge is 0.309 e. The molecule has 0 radical (unpaired) electrons. The summed E-state index contributed by atoms with van der Waals surface area (Å²) < 4.78 is 5.64. The minimum atomic E-state index is -0.783. The molecule has 0 aliphatic heterocycles. The summed E-state index contributed by atoms with van der Waals surface area (Å²) in [6.45, 7) is 6.33. The number of carbonyl (C=O) groups excluding carboxylic acids is 1. The Labute approximate surface area is 121 Å². The standard InChI is InChI=1S/C16H28O4/c1-4-6-14(9-11(2)3)20-16(19)13-8-5-7-12(10-13)15(17)18/h11-14H,4-10H2,1-3H3,(H,17,18). The highest BCUT2D eigenvalue weighted by Gasteiger charge is 2.32. The Morgan fingerprint density at radius 2 is 1.90 bits per heavy atom. The topological polar surface area (TPSA) is 63.6 Å². The molecule has 0 aromatic rings. The number of carboxylic acids is 1. The zero-order valence-electron chi connectivity index (χ0n) is 12.9. The average molecular weight is 284 g/mol. The number of carbonyl (C=O) groups is 2. The zero-order valence-corrected chi connectivity index (χ0v) is 12.9. The SMILES string of the molecule is CCCC(CC(C)C)OC(=O)C1CCCC(C(=O)O)C1. The van der Waals surface area contributed by atoms with Gasteiger partial charge in [0.05, 0.1) is 11.8 Å². The lowest BCUT2D eigenvalue weighted by Crippen LogP contribution is -2.31. The highest BCUT2D eigenvalue weighted by Crippen LogP contribution is 2.31. The summed E-state index contributed by atoms with van der Waals surface area (Å²) in [5.74, 6) is -1.07. The number of hydrogen-bond acceptors (Lipinski definition) is 3.